The Balaban J connectivity index is 2.24. The van der Waals surface area contributed by atoms with Crippen molar-refractivity contribution in [1.82, 2.24) is 10.2 Å². The van der Waals surface area contributed by atoms with Crippen molar-refractivity contribution in [1.29, 1.82) is 0 Å². The molecule has 1 aromatic rings. The molecule has 1 heterocycles. The van der Waals surface area contributed by atoms with E-state index in [0.717, 1.165) is 25.2 Å². The number of aryl methyl sites for hydroxylation is 1. The largest absolute Gasteiger partial charge is 0.333 e. The van der Waals surface area contributed by atoms with Gasteiger partial charge in [-0.05, 0) is 31.5 Å². The molecule has 1 aliphatic rings. The van der Waals surface area contributed by atoms with E-state index < -0.39 is 0 Å². The maximum absolute atomic E-state index is 12.4. The lowest BCUT2D eigenvalue weighted by Crippen LogP contribution is -2.52. The lowest BCUT2D eigenvalue weighted by atomic mass is 10.1. The Morgan fingerprint density at radius 2 is 2.29 bits per heavy atom. The van der Waals surface area contributed by atoms with Crippen molar-refractivity contribution in [2.24, 2.45) is 0 Å². The van der Waals surface area contributed by atoms with Crippen molar-refractivity contribution in [3.63, 3.8) is 0 Å². The minimum atomic E-state index is 0.0315. The molecule has 3 nitrogen and oxygen atoms in total. The summed E-state index contributed by atoms with van der Waals surface area (Å²) < 4.78 is 0. The van der Waals surface area contributed by atoms with E-state index >= 15 is 0 Å². The summed E-state index contributed by atoms with van der Waals surface area (Å²) in [6.07, 6.45) is 0. The average Bonchev–Trinajstić information content (AvgIpc) is 2.29. The molecule has 1 fully saturated rings. The quantitative estimate of drug-likeness (QED) is 0.830. The van der Waals surface area contributed by atoms with E-state index in [2.05, 4.69) is 5.32 Å². The third-order valence-corrected chi connectivity index (χ3v) is 3.43. The summed E-state index contributed by atoms with van der Waals surface area (Å²) in [6.45, 7) is 6.44. The predicted molar refractivity (Wildman–Crippen MR) is 69.6 cm³/mol. The number of nitrogens with one attached hydrogen (secondary N) is 1. The summed E-state index contributed by atoms with van der Waals surface area (Å²) in [4.78, 5) is 14.2. The molecule has 0 spiro atoms. The Morgan fingerprint density at radius 3 is 2.94 bits per heavy atom. The van der Waals surface area contributed by atoms with Crippen molar-refractivity contribution in [3.8, 4) is 0 Å². The Kier molecular flexibility index (Phi) is 3.69. The van der Waals surface area contributed by atoms with Crippen LogP contribution in [0.2, 0.25) is 5.02 Å². The SMILES string of the molecule is Cc1ccc(C(=O)N2CCNC[C@H]2C)c(Cl)c1. The van der Waals surface area contributed by atoms with Crippen molar-refractivity contribution >= 4 is 17.5 Å². The fourth-order valence-electron chi connectivity index (χ4n) is 2.09. The Morgan fingerprint density at radius 1 is 1.53 bits per heavy atom. The maximum atomic E-state index is 12.4. The number of piperazine rings is 1. The molecule has 0 aliphatic carbocycles. The number of halogens is 1. The molecule has 1 N–H and O–H groups in total. The Bertz CT molecular complexity index is 433. The predicted octanol–water partition coefficient (Wildman–Crippen LogP) is 2.08. The molecule has 2 rings (SSSR count). The number of carbonyl (C=O) groups excluding carboxylic acids is 1. The van der Waals surface area contributed by atoms with Crippen LogP contribution in [0.1, 0.15) is 22.8 Å². The van der Waals surface area contributed by atoms with Crippen LogP contribution in [-0.2, 0) is 0 Å². The molecule has 1 amide bonds. The molecule has 17 heavy (non-hydrogen) atoms. The molecule has 4 heteroatoms. The zero-order valence-corrected chi connectivity index (χ0v) is 10.9. The van der Waals surface area contributed by atoms with Gasteiger partial charge >= 0.3 is 0 Å². The molecular weight excluding hydrogens is 236 g/mol. The van der Waals surface area contributed by atoms with Gasteiger partial charge in [0.1, 0.15) is 0 Å². The van der Waals surface area contributed by atoms with E-state index in [0.29, 0.717) is 10.6 Å². The second-order valence-corrected chi connectivity index (χ2v) is 4.94. The summed E-state index contributed by atoms with van der Waals surface area (Å²) in [5.74, 6) is 0.0315. The van der Waals surface area contributed by atoms with Gasteiger partial charge in [-0.3, -0.25) is 4.79 Å². The first-order chi connectivity index (χ1) is 8.09. The average molecular weight is 253 g/mol. The highest BCUT2D eigenvalue weighted by Crippen LogP contribution is 2.20. The first kappa shape index (κ1) is 12.4. The Hall–Kier alpha value is -1.06. The molecule has 1 atom stereocenters. The number of hydrogen-bond donors (Lipinski definition) is 1. The minimum Gasteiger partial charge on any atom is -0.333 e. The third kappa shape index (κ3) is 2.61. The second-order valence-electron chi connectivity index (χ2n) is 4.53. The van der Waals surface area contributed by atoms with Crippen LogP contribution in [0.25, 0.3) is 0 Å². The van der Waals surface area contributed by atoms with E-state index in [4.69, 9.17) is 11.6 Å². The molecule has 0 radical (unpaired) electrons. The van der Waals surface area contributed by atoms with Gasteiger partial charge in [-0.1, -0.05) is 17.7 Å². The summed E-state index contributed by atoms with van der Waals surface area (Å²) in [6, 6.07) is 5.79. The van der Waals surface area contributed by atoms with Gasteiger partial charge in [-0.2, -0.15) is 0 Å². The number of rotatable bonds is 1. The van der Waals surface area contributed by atoms with Crippen molar-refractivity contribution in [2.45, 2.75) is 19.9 Å². The van der Waals surface area contributed by atoms with Crippen LogP contribution in [0.4, 0.5) is 0 Å². The third-order valence-electron chi connectivity index (χ3n) is 3.12. The van der Waals surface area contributed by atoms with Crippen molar-refractivity contribution in [3.05, 3.63) is 34.3 Å². The molecule has 0 unspecified atom stereocenters. The summed E-state index contributed by atoms with van der Waals surface area (Å²) in [5.41, 5.74) is 1.67. The van der Waals surface area contributed by atoms with Gasteiger partial charge in [0.15, 0.2) is 0 Å². The van der Waals surface area contributed by atoms with Gasteiger partial charge in [0, 0.05) is 25.7 Å². The Labute approximate surface area is 107 Å². The highest BCUT2D eigenvalue weighted by Gasteiger charge is 2.25. The lowest BCUT2D eigenvalue weighted by molar-refractivity contribution is 0.0656. The number of amides is 1. The van der Waals surface area contributed by atoms with Crippen LogP contribution in [0.15, 0.2) is 18.2 Å². The van der Waals surface area contributed by atoms with E-state index in [-0.39, 0.29) is 11.9 Å². The molecular formula is C13H17ClN2O. The lowest BCUT2D eigenvalue weighted by Gasteiger charge is -2.34. The fourth-order valence-corrected chi connectivity index (χ4v) is 2.41. The standard InChI is InChI=1S/C13H17ClN2O/c1-9-3-4-11(12(14)7-9)13(17)16-6-5-15-8-10(16)2/h3-4,7,10,15H,5-6,8H2,1-2H3/t10-/m1/s1. The van der Waals surface area contributed by atoms with Gasteiger partial charge < -0.3 is 10.2 Å². The summed E-state index contributed by atoms with van der Waals surface area (Å²) in [5, 5.41) is 3.81. The number of benzene rings is 1. The van der Waals surface area contributed by atoms with E-state index in [1.165, 1.54) is 0 Å². The van der Waals surface area contributed by atoms with E-state index in [1.54, 1.807) is 0 Å². The fraction of sp³-hybridized carbons (Fsp3) is 0.462. The van der Waals surface area contributed by atoms with E-state index in [9.17, 15) is 4.79 Å². The zero-order valence-electron chi connectivity index (χ0n) is 10.2. The van der Waals surface area contributed by atoms with Crippen LogP contribution in [0.3, 0.4) is 0 Å². The van der Waals surface area contributed by atoms with Crippen LogP contribution in [0.5, 0.6) is 0 Å². The number of hydrogen-bond acceptors (Lipinski definition) is 2. The van der Waals surface area contributed by atoms with Crippen LogP contribution in [-0.4, -0.2) is 36.5 Å². The second kappa shape index (κ2) is 5.07. The molecule has 1 aromatic carbocycles. The molecule has 1 saturated heterocycles. The van der Waals surface area contributed by atoms with Crippen LogP contribution < -0.4 is 5.32 Å². The van der Waals surface area contributed by atoms with Gasteiger partial charge in [-0.15, -0.1) is 0 Å². The number of carbonyl (C=O) groups is 1. The topological polar surface area (TPSA) is 32.3 Å². The summed E-state index contributed by atoms with van der Waals surface area (Å²) in [7, 11) is 0. The minimum absolute atomic E-state index is 0.0315. The van der Waals surface area contributed by atoms with Crippen molar-refractivity contribution < 1.29 is 4.79 Å². The van der Waals surface area contributed by atoms with Gasteiger partial charge in [0.05, 0.1) is 10.6 Å². The van der Waals surface area contributed by atoms with Crippen LogP contribution >= 0.6 is 11.6 Å². The normalized spacial score (nSPS) is 20.4. The maximum Gasteiger partial charge on any atom is 0.255 e. The zero-order chi connectivity index (χ0) is 12.4. The first-order valence-electron chi connectivity index (χ1n) is 5.87. The first-order valence-corrected chi connectivity index (χ1v) is 6.25. The smallest absolute Gasteiger partial charge is 0.255 e. The molecule has 0 bridgehead atoms. The molecule has 92 valence electrons. The summed E-state index contributed by atoms with van der Waals surface area (Å²) >= 11 is 6.13. The molecule has 1 aliphatic heterocycles. The highest BCUT2D eigenvalue weighted by atomic mass is 35.5. The van der Waals surface area contributed by atoms with E-state index in [1.807, 2.05) is 36.9 Å². The van der Waals surface area contributed by atoms with Gasteiger partial charge in [-0.25, -0.2) is 0 Å². The highest BCUT2D eigenvalue weighted by molar-refractivity contribution is 6.33. The monoisotopic (exact) mass is 252 g/mol. The van der Waals surface area contributed by atoms with Gasteiger partial charge in [0.2, 0.25) is 0 Å². The molecule has 0 aromatic heterocycles. The van der Waals surface area contributed by atoms with Gasteiger partial charge in [0.25, 0.3) is 5.91 Å². The molecule has 0 saturated carbocycles. The number of nitrogens with zero attached hydrogens (tertiary/aromatic N) is 1. The van der Waals surface area contributed by atoms with Crippen molar-refractivity contribution in [2.75, 3.05) is 19.6 Å². The van der Waals surface area contributed by atoms with Crippen LogP contribution in [0, 0.1) is 6.92 Å².